The molecule has 0 bridgehead atoms. The van der Waals surface area contributed by atoms with E-state index in [2.05, 4.69) is 9.88 Å². The third-order valence-electron chi connectivity index (χ3n) is 5.57. The van der Waals surface area contributed by atoms with Crippen LogP contribution in [0.5, 0.6) is 0 Å². The summed E-state index contributed by atoms with van der Waals surface area (Å²) in [6, 6.07) is 9.27. The zero-order valence-electron chi connectivity index (χ0n) is 18.8. The van der Waals surface area contributed by atoms with Crippen LogP contribution in [0.25, 0.3) is 0 Å². The fraction of sp³-hybridized carbons (Fsp3) is 0.304. The number of carboxylic acid groups (broad SMARTS) is 1. The van der Waals surface area contributed by atoms with Gasteiger partial charge in [0, 0.05) is 19.2 Å². The lowest BCUT2D eigenvalue weighted by molar-refractivity contribution is 0.0697. The highest BCUT2D eigenvalue weighted by atomic mass is 32.2. The number of hydrogen-bond donors (Lipinski definition) is 2. The number of aromatic nitrogens is 1. The molecule has 32 heavy (non-hydrogen) atoms. The van der Waals surface area contributed by atoms with E-state index in [1.165, 1.54) is 18.2 Å². The molecule has 3 rings (SSSR count). The molecular formula is C23H27N3O5S. The molecule has 1 aromatic heterocycles. The average molecular weight is 458 g/mol. The van der Waals surface area contributed by atoms with Gasteiger partial charge in [-0.1, -0.05) is 11.2 Å². The van der Waals surface area contributed by atoms with Gasteiger partial charge in [-0.25, -0.2) is 13.2 Å². The molecule has 0 amide bonds. The van der Waals surface area contributed by atoms with Crippen molar-refractivity contribution in [1.29, 1.82) is 0 Å². The summed E-state index contributed by atoms with van der Waals surface area (Å²) in [5.74, 6) is -0.394. The number of aromatic carboxylic acids is 1. The zero-order chi connectivity index (χ0) is 23.6. The molecule has 0 aliphatic heterocycles. The van der Waals surface area contributed by atoms with Gasteiger partial charge in [0.15, 0.2) is 0 Å². The molecule has 0 radical (unpaired) electrons. The van der Waals surface area contributed by atoms with Gasteiger partial charge in [0.25, 0.3) is 10.0 Å². The van der Waals surface area contributed by atoms with Gasteiger partial charge in [-0.15, -0.1) is 0 Å². The molecule has 0 spiro atoms. The smallest absolute Gasteiger partial charge is 0.335 e. The molecule has 0 atom stereocenters. The lowest BCUT2D eigenvalue weighted by Crippen LogP contribution is -2.23. The number of nitrogens with one attached hydrogen (secondary N) is 1. The second-order valence-electron chi connectivity index (χ2n) is 7.86. The minimum Gasteiger partial charge on any atom is -0.478 e. The van der Waals surface area contributed by atoms with Crippen molar-refractivity contribution < 1.29 is 22.8 Å². The normalized spacial score (nSPS) is 11.4. The molecule has 0 saturated heterocycles. The summed E-state index contributed by atoms with van der Waals surface area (Å²) in [6.45, 7) is 8.01. The second kappa shape index (κ2) is 9.04. The van der Waals surface area contributed by atoms with Crippen LogP contribution in [0.2, 0.25) is 0 Å². The van der Waals surface area contributed by atoms with Gasteiger partial charge in [0.1, 0.15) is 5.76 Å². The SMILES string of the molecule is Cc1ccc(S(=O)(=O)Nc2cc(C(=O)O)ccc2N(C)CCc2c(C)noc2C)cc1C. The molecule has 9 heteroatoms. The van der Waals surface area contributed by atoms with Crippen LogP contribution in [0.15, 0.2) is 45.8 Å². The van der Waals surface area contributed by atoms with E-state index < -0.39 is 16.0 Å². The van der Waals surface area contributed by atoms with E-state index >= 15 is 0 Å². The van der Waals surface area contributed by atoms with Crippen LogP contribution < -0.4 is 9.62 Å². The van der Waals surface area contributed by atoms with Crippen LogP contribution in [0.4, 0.5) is 11.4 Å². The zero-order valence-corrected chi connectivity index (χ0v) is 19.6. The summed E-state index contributed by atoms with van der Waals surface area (Å²) in [7, 11) is -2.10. The monoisotopic (exact) mass is 457 g/mol. The van der Waals surface area contributed by atoms with Crippen LogP contribution in [-0.2, 0) is 16.4 Å². The average Bonchev–Trinajstić information content (AvgIpc) is 3.05. The van der Waals surface area contributed by atoms with E-state index in [-0.39, 0.29) is 16.1 Å². The predicted molar refractivity (Wildman–Crippen MR) is 123 cm³/mol. The Balaban J connectivity index is 1.93. The fourth-order valence-corrected chi connectivity index (χ4v) is 4.58. The Morgan fingerprint density at radius 1 is 1.09 bits per heavy atom. The van der Waals surface area contributed by atoms with Crippen molar-refractivity contribution in [1.82, 2.24) is 5.16 Å². The van der Waals surface area contributed by atoms with E-state index in [9.17, 15) is 18.3 Å². The van der Waals surface area contributed by atoms with Gasteiger partial charge in [-0.3, -0.25) is 4.72 Å². The van der Waals surface area contributed by atoms with Crippen molar-refractivity contribution in [3.8, 4) is 0 Å². The van der Waals surface area contributed by atoms with Crippen molar-refractivity contribution in [3.63, 3.8) is 0 Å². The first-order valence-electron chi connectivity index (χ1n) is 10.1. The van der Waals surface area contributed by atoms with Crippen LogP contribution >= 0.6 is 0 Å². The number of rotatable bonds is 8. The van der Waals surface area contributed by atoms with Gasteiger partial charge in [0.2, 0.25) is 0 Å². The van der Waals surface area contributed by atoms with Gasteiger partial charge in [-0.05, 0) is 75.6 Å². The largest absolute Gasteiger partial charge is 0.478 e. The van der Waals surface area contributed by atoms with E-state index in [0.29, 0.717) is 18.7 Å². The van der Waals surface area contributed by atoms with Gasteiger partial charge < -0.3 is 14.5 Å². The fourth-order valence-electron chi connectivity index (χ4n) is 3.43. The van der Waals surface area contributed by atoms with Crippen molar-refractivity contribution in [2.24, 2.45) is 0 Å². The predicted octanol–water partition coefficient (Wildman–Crippen LogP) is 4.09. The molecule has 0 unspecified atom stereocenters. The van der Waals surface area contributed by atoms with Crippen molar-refractivity contribution in [3.05, 3.63) is 70.1 Å². The summed E-state index contributed by atoms with van der Waals surface area (Å²) in [6.07, 6.45) is 0.641. The summed E-state index contributed by atoms with van der Waals surface area (Å²) in [5, 5.41) is 13.4. The number of sulfonamides is 1. The first-order valence-corrected chi connectivity index (χ1v) is 11.6. The third-order valence-corrected chi connectivity index (χ3v) is 6.93. The highest BCUT2D eigenvalue weighted by Gasteiger charge is 2.20. The van der Waals surface area contributed by atoms with Gasteiger partial charge >= 0.3 is 5.97 Å². The Hall–Kier alpha value is -3.33. The molecule has 0 fully saturated rings. The van der Waals surface area contributed by atoms with Gasteiger partial charge in [0.05, 0.1) is 27.5 Å². The Morgan fingerprint density at radius 2 is 1.81 bits per heavy atom. The van der Waals surface area contributed by atoms with E-state index in [1.54, 1.807) is 18.2 Å². The number of hydrogen-bond acceptors (Lipinski definition) is 6. The standard InChI is InChI=1S/C23H27N3O5S/c1-14-6-8-19(12-15(14)2)32(29,30)25-21-13-18(23(27)28)7-9-22(21)26(5)11-10-20-16(3)24-31-17(20)4/h6-9,12-13,25H,10-11H2,1-5H3,(H,27,28). The maximum atomic E-state index is 13.1. The Morgan fingerprint density at radius 3 is 2.41 bits per heavy atom. The maximum Gasteiger partial charge on any atom is 0.335 e. The highest BCUT2D eigenvalue weighted by Crippen LogP contribution is 2.30. The first kappa shape index (κ1) is 23.3. The van der Waals surface area contributed by atoms with E-state index in [0.717, 1.165) is 28.1 Å². The lowest BCUT2D eigenvalue weighted by Gasteiger charge is -2.23. The van der Waals surface area contributed by atoms with Crippen LogP contribution in [0.1, 0.15) is 38.5 Å². The van der Waals surface area contributed by atoms with Crippen molar-refractivity contribution >= 4 is 27.4 Å². The number of anilines is 2. The quantitative estimate of drug-likeness (QED) is 0.524. The highest BCUT2D eigenvalue weighted by molar-refractivity contribution is 7.92. The first-order chi connectivity index (χ1) is 15.0. The number of nitrogens with zero attached hydrogens (tertiary/aromatic N) is 2. The van der Waals surface area contributed by atoms with E-state index in [4.69, 9.17) is 4.52 Å². The molecule has 1 heterocycles. The van der Waals surface area contributed by atoms with Crippen LogP contribution in [0, 0.1) is 27.7 Å². The van der Waals surface area contributed by atoms with Crippen molar-refractivity contribution in [2.45, 2.75) is 39.0 Å². The Bertz CT molecular complexity index is 1250. The number of aryl methyl sites for hydroxylation is 4. The topological polar surface area (TPSA) is 113 Å². The minimum atomic E-state index is -3.92. The molecule has 0 aliphatic rings. The molecule has 0 saturated carbocycles. The van der Waals surface area contributed by atoms with Crippen LogP contribution in [-0.4, -0.2) is 38.2 Å². The summed E-state index contributed by atoms with van der Waals surface area (Å²) in [4.78, 5) is 13.5. The number of likely N-dealkylation sites (N-methyl/N-ethyl adjacent to an activating group) is 1. The summed E-state index contributed by atoms with van der Waals surface area (Å²) >= 11 is 0. The molecule has 0 aliphatic carbocycles. The third kappa shape index (κ3) is 4.94. The maximum absolute atomic E-state index is 13.1. The number of carbonyl (C=O) groups is 1. The summed E-state index contributed by atoms with van der Waals surface area (Å²) < 4.78 is 33.9. The molecule has 8 nitrogen and oxygen atoms in total. The summed E-state index contributed by atoms with van der Waals surface area (Å²) in [5.41, 5.74) is 4.40. The van der Waals surface area contributed by atoms with Gasteiger partial charge in [-0.2, -0.15) is 0 Å². The Labute approximate surface area is 187 Å². The molecule has 170 valence electrons. The Kier molecular flexibility index (Phi) is 6.59. The number of carboxylic acids is 1. The van der Waals surface area contributed by atoms with E-state index in [1.807, 2.05) is 39.6 Å². The second-order valence-corrected chi connectivity index (χ2v) is 9.55. The minimum absolute atomic E-state index is 0.00865. The molecule has 2 aromatic carbocycles. The molecular weight excluding hydrogens is 430 g/mol. The molecule has 2 N–H and O–H groups in total. The van der Waals surface area contributed by atoms with Crippen LogP contribution in [0.3, 0.4) is 0 Å². The lowest BCUT2D eigenvalue weighted by atomic mass is 10.1. The van der Waals surface area contributed by atoms with Crippen molar-refractivity contribution in [2.75, 3.05) is 23.2 Å². The molecule has 3 aromatic rings. The number of benzene rings is 2.